The molecule has 0 aromatic heterocycles. The first-order chi connectivity index (χ1) is 12.9. The largest absolute Gasteiger partial charge is 0.335 e. The molecule has 2 aromatic carbocycles. The molecule has 2 aromatic rings. The van der Waals surface area contributed by atoms with E-state index >= 15 is 0 Å². The van der Waals surface area contributed by atoms with Crippen LogP contribution >= 0.6 is 0 Å². The van der Waals surface area contributed by atoms with Gasteiger partial charge in [0, 0.05) is 43.4 Å². The van der Waals surface area contributed by atoms with E-state index in [0.29, 0.717) is 24.1 Å². The fourth-order valence-corrected chi connectivity index (χ4v) is 3.23. The van der Waals surface area contributed by atoms with Gasteiger partial charge in [0.2, 0.25) is 5.91 Å². The number of hydrogen-bond acceptors (Lipinski definition) is 4. The Balaban J connectivity index is 1.82. The van der Waals surface area contributed by atoms with E-state index in [0.717, 1.165) is 12.1 Å². The van der Waals surface area contributed by atoms with Gasteiger partial charge in [-0.05, 0) is 37.1 Å². The smallest absolute Gasteiger partial charge is 0.269 e. The lowest BCUT2D eigenvalue weighted by atomic mass is 10.1. The van der Waals surface area contributed by atoms with E-state index in [-0.39, 0.29) is 23.5 Å². The van der Waals surface area contributed by atoms with Crippen LogP contribution in [0, 0.1) is 10.1 Å². The Hall–Kier alpha value is -3.22. The van der Waals surface area contributed by atoms with Crippen molar-refractivity contribution >= 4 is 23.2 Å². The highest BCUT2D eigenvalue weighted by Crippen LogP contribution is 2.26. The number of rotatable bonds is 5. The second-order valence-electron chi connectivity index (χ2n) is 6.64. The topological polar surface area (TPSA) is 83.8 Å². The molecule has 1 heterocycles. The molecule has 7 heteroatoms. The Bertz CT molecular complexity index is 896. The predicted octanol–water partition coefficient (Wildman–Crippen LogP) is 3.55. The summed E-state index contributed by atoms with van der Waals surface area (Å²) in [5.41, 5.74) is 1.88. The van der Waals surface area contributed by atoms with Gasteiger partial charge in [-0.1, -0.05) is 18.2 Å². The molecule has 0 radical (unpaired) electrons. The Morgan fingerprint density at radius 1 is 1.22 bits per heavy atom. The van der Waals surface area contributed by atoms with Crippen LogP contribution in [-0.2, 0) is 4.79 Å². The van der Waals surface area contributed by atoms with Gasteiger partial charge in [-0.15, -0.1) is 0 Å². The average molecular weight is 367 g/mol. The van der Waals surface area contributed by atoms with Crippen LogP contribution in [0.4, 0.5) is 11.4 Å². The number of carbonyl (C=O) groups excluding carboxylic acids is 2. The average Bonchev–Trinajstić information content (AvgIpc) is 3.12. The minimum absolute atomic E-state index is 0.00487. The number of non-ortho nitro benzene ring substituents is 1. The van der Waals surface area contributed by atoms with Crippen molar-refractivity contribution in [3.63, 3.8) is 0 Å². The van der Waals surface area contributed by atoms with Crippen molar-refractivity contribution in [3.05, 3.63) is 69.8 Å². The SMILES string of the molecule is C[C@@H](c1cccc([N+](=O)[O-])c1)N(C)C(=O)c1cccc(N2CCCC2=O)c1. The molecule has 1 aliphatic rings. The Morgan fingerprint density at radius 2 is 1.96 bits per heavy atom. The predicted molar refractivity (Wildman–Crippen MR) is 102 cm³/mol. The maximum atomic E-state index is 12.9. The molecule has 3 rings (SSSR count). The zero-order valence-electron chi connectivity index (χ0n) is 15.3. The molecule has 1 saturated heterocycles. The van der Waals surface area contributed by atoms with Gasteiger partial charge < -0.3 is 9.80 Å². The normalized spacial score (nSPS) is 14.9. The number of nitro benzene ring substituents is 1. The van der Waals surface area contributed by atoms with E-state index in [1.54, 1.807) is 47.2 Å². The Morgan fingerprint density at radius 3 is 2.63 bits per heavy atom. The van der Waals surface area contributed by atoms with Crippen molar-refractivity contribution in [2.24, 2.45) is 0 Å². The van der Waals surface area contributed by atoms with E-state index in [2.05, 4.69) is 0 Å². The lowest BCUT2D eigenvalue weighted by Gasteiger charge is -2.26. The third-order valence-corrected chi connectivity index (χ3v) is 4.94. The number of anilines is 1. The van der Waals surface area contributed by atoms with Gasteiger partial charge in [-0.25, -0.2) is 0 Å². The minimum atomic E-state index is -0.450. The first-order valence-corrected chi connectivity index (χ1v) is 8.80. The van der Waals surface area contributed by atoms with Gasteiger partial charge in [-0.2, -0.15) is 0 Å². The van der Waals surface area contributed by atoms with Crippen molar-refractivity contribution < 1.29 is 14.5 Å². The van der Waals surface area contributed by atoms with Crippen LogP contribution in [0.2, 0.25) is 0 Å². The fourth-order valence-electron chi connectivity index (χ4n) is 3.23. The van der Waals surface area contributed by atoms with Crippen molar-refractivity contribution in [1.29, 1.82) is 0 Å². The molecule has 2 amide bonds. The Labute approximate surface area is 157 Å². The van der Waals surface area contributed by atoms with Gasteiger partial charge in [0.05, 0.1) is 11.0 Å². The summed E-state index contributed by atoms with van der Waals surface area (Å²) in [6.45, 7) is 2.49. The maximum absolute atomic E-state index is 12.9. The highest BCUT2D eigenvalue weighted by Gasteiger charge is 2.24. The first-order valence-electron chi connectivity index (χ1n) is 8.80. The van der Waals surface area contributed by atoms with Gasteiger partial charge in [0.25, 0.3) is 11.6 Å². The highest BCUT2D eigenvalue weighted by molar-refractivity contribution is 5.99. The van der Waals surface area contributed by atoms with Crippen molar-refractivity contribution in [2.45, 2.75) is 25.8 Å². The molecule has 0 saturated carbocycles. The summed E-state index contributed by atoms with van der Waals surface area (Å²) in [4.78, 5) is 38.6. The molecule has 27 heavy (non-hydrogen) atoms. The molecule has 0 spiro atoms. The first kappa shape index (κ1) is 18.6. The molecular weight excluding hydrogens is 346 g/mol. The van der Waals surface area contributed by atoms with Crippen molar-refractivity contribution in [1.82, 2.24) is 4.90 Å². The van der Waals surface area contributed by atoms with Gasteiger partial charge in [-0.3, -0.25) is 19.7 Å². The molecule has 0 N–H and O–H groups in total. The van der Waals surface area contributed by atoms with E-state index < -0.39 is 4.92 Å². The monoisotopic (exact) mass is 367 g/mol. The molecule has 1 fully saturated rings. The number of hydrogen-bond donors (Lipinski definition) is 0. The molecular formula is C20H21N3O4. The highest BCUT2D eigenvalue weighted by atomic mass is 16.6. The van der Waals surface area contributed by atoms with Crippen LogP contribution in [0.15, 0.2) is 48.5 Å². The lowest BCUT2D eigenvalue weighted by Crippen LogP contribution is -2.30. The number of benzene rings is 2. The minimum Gasteiger partial charge on any atom is -0.335 e. The summed E-state index contributed by atoms with van der Waals surface area (Å²) in [5, 5.41) is 11.0. The van der Waals surface area contributed by atoms with Crippen molar-refractivity contribution in [2.75, 3.05) is 18.5 Å². The molecule has 7 nitrogen and oxygen atoms in total. The third kappa shape index (κ3) is 3.81. The summed E-state index contributed by atoms with van der Waals surface area (Å²) in [6.07, 6.45) is 1.35. The molecule has 140 valence electrons. The molecule has 0 unspecified atom stereocenters. The maximum Gasteiger partial charge on any atom is 0.269 e. The lowest BCUT2D eigenvalue weighted by molar-refractivity contribution is -0.384. The van der Waals surface area contributed by atoms with Gasteiger partial charge in [0.15, 0.2) is 0 Å². The molecule has 0 bridgehead atoms. The zero-order chi connectivity index (χ0) is 19.6. The van der Waals surface area contributed by atoms with Gasteiger partial charge in [0.1, 0.15) is 0 Å². The number of amides is 2. The molecule has 0 aliphatic carbocycles. The summed E-state index contributed by atoms with van der Waals surface area (Å²) in [7, 11) is 1.67. The van der Waals surface area contributed by atoms with E-state index in [9.17, 15) is 19.7 Å². The Kier molecular flexibility index (Phi) is 5.21. The molecule has 1 atom stereocenters. The number of carbonyl (C=O) groups is 2. The van der Waals surface area contributed by atoms with Crippen LogP contribution in [0.3, 0.4) is 0 Å². The van der Waals surface area contributed by atoms with Crippen LogP contribution < -0.4 is 4.90 Å². The van der Waals surface area contributed by atoms with E-state index in [1.165, 1.54) is 12.1 Å². The fraction of sp³-hybridized carbons (Fsp3) is 0.300. The summed E-state index contributed by atoms with van der Waals surface area (Å²) < 4.78 is 0. The van der Waals surface area contributed by atoms with Crippen molar-refractivity contribution in [3.8, 4) is 0 Å². The third-order valence-electron chi connectivity index (χ3n) is 4.94. The summed E-state index contributed by atoms with van der Waals surface area (Å²) in [6, 6.07) is 13.0. The zero-order valence-corrected chi connectivity index (χ0v) is 15.3. The summed E-state index contributed by atoms with van der Waals surface area (Å²) in [5.74, 6) is -0.139. The standard InChI is InChI=1S/C20H21N3O4/c1-14(15-6-3-9-18(12-15)23(26)27)21(2)20(25)16-7-4-8-17(13-16)22-11-5-10-19(22)24/h3-4,6-9,12-14H,5,10-11H2,1-2H3/t14-/m0/s1. The second kappa shape index (κ2) is 7.57. The van der Waals surface area contributed by atoms with E-state index in [1.807, 2.05) is 13.0 Å². The quantitative estimate of drug-likeness (QED) is 0.597. The second-order valence-corrected chi connectivity index (χ2v) is 6.64. The summed E-state index contributed by atoms with van der Waals surface area (Å²) >= 11 is 0. The van der Waals surface area contributed by atoms with Crippen LogP contribution in [0.25, 0.3) is 0 Å². The van der Waals surface area contributed by atoms with Crippen LogP contribution in [-0.4, -0.2) is 35.2 Å². The van der Waals surface area contributed by atoms with Gasteiger partial charge >= 0.3 is 0 Å². The number of nitrogens with zero attached hydrogens (tertiary/aromatic N) is 3. The van der Waals surface area contributed by atoms with E-state index in [4.69, 9.17) is 0 Å². The van der Waals surface area contributed by atoms with Crippen LogP contribution in [0.1, 0.15) is 41.7 Å². The number of nitro groups is 1. The van der Waals surface area contributed by atoms with Crippen LogP contribution in [0.5, 0.6) is 0 Å². The molecule has 1 aliphatic heterocycles.